The van der Waals surface area contributed by atoms with Crippen LogP contribution in [0.1, 0.15) is 48.8 Å². The van der Waals surface area contributed by atoms with Crippen molar-refractivity contribution in [3.63, 3.8) is 0 Å². The average molecular weight is 412 g/mol. The van der Waals surface area contributed by atoms with E-state index in [0.29, 0.717) is 6.42 Å². The standard InChI is InChI=1S/C23H25NO4S/c25-23(26)22(13-10-16-6-2-1-3-7-16)24-29(27,28)19-11-12-21-18(15-19)14-17-8-4-5-9-20(17)21/h1-3,6-7,11-12,15,22,24H,4-5,8-10,13-14H2,(H,25,26)/t22-/m1/s1. The molecule has 0 amide bonds. The highest BCUT2D eigenvalue weighted by atomic mass is 32.2. The molecule has 2 aliphatic carbocycles. The number of hydrogen-bond acceptors (Lipinski definition) is 3. The number of carboxylic acids is 1. The molecule has 0 saturated carbocycles. The molecule has 29 heavy (non-hydrogen) atoms. The summed E-state index contributed by atoms with van der Waals surface area (Å²) in [5.41, 5.74) is 6.00. The Morgan fingerprint density at radius 1 is 1.07 bits per heavy atom. The molecule has 2 aliphatic rings. The van der Waals surface area contributed by atoms with Crippen molar-refractivity contribution >= 4 is 21.6 Å². The zero-order valence-electron chi connectivity index (χ0n) is 16.2. The fraction of sp³-hybridized carbons (Fsp3) is 0.348. The molecule has 0 bridgehead atoms. The van der Waals surface area contributed by atoms with Crippen LogP contribution >= 0.6 is 0 Å². The molecular formula is C23H25NO4S. The molecule has 152 valence electrons. The Bertz CT molecular complexity index is 1060. The van der Waals surface area contributed by atoms with E-state index < -0.39 is 22.0 Å². The number of fused-ring (bicyclic) bond motifs is 2. The van der Waals surface area contributed by atoms with Crippen LogP contribution in [-0.4, -0.2) is 25.5 Å². The van der Waals surface area contributed by atoms with Crippen LogP contribution in [-0.2, 0) is 27.7 Å². The van der Waals surface area contributed by atoms with Crippen LogP contribution in [0.15, 0.2) is 59.0 Å². The van der Waals surface area contributed by atoms with Crippen LogP contribution in [0.3, 0.4) is 0 Å². The molecule has 2 N–H and O–H groups in total. The summed E-state index contributed by atoms with van der Waals surface area (Å²) in [5, 5.41) is 9.52. The van der Waals surface area contributed by atoms with E-state index in [1.165, 1.54) is 24.0 Å². The quantitative estimate of drug-likeness (QED) is 0.723. The fourth-order valence-electron chi connectivity index (χ4n) is 4.34. The summed E-state index contributed by atoms with van der Waals surface area (Å²) >= 11 is 0. The van der Waals surface area contributed by atoms with Crippen molar-refractivity contribution in [3.05, 3.63) is 70.8 Å². The Morgan fingerprint density at radius 2 is 1.83 bits per heavy atom. The van der Waals surface area contributed by atoms with E-state index in [0.717, 1.165) is 36.0 Å². The van der Waals surface area contributed by atoms with Crippen LogP contribution in [0.5, 0.6) is 0 Å². The summed E-state index contributed by atoms with van der Waals surface area (Å²) in [5.74, 6) is -1.16. The first kappa shape index (κ1) is 19.9. The molecular weight excluding hydrogens is 386 g/mol. The van der Waals surface area contributed by atoms with Crippen LogP contribution in [0, 0.1) is 0 Å². The lowest BCUT2D eigenvalue weighted by molar-refractivity contribution is -0.139. The van der Waals surface area contributed by atoms with Gasteiger partial charge in [0.2, 0.25) is 10.0 Å². The summed E-state index contributed by atoms with van der Waals surface area (Å²) in [7, 11) is -3.91. The van der Waals surface area contributed by atoms with Gasteiger partial charge in [0.15, 0.2) is 0 Å². The molecule has 4 rings (SSSR count). The maximum atomic E-state index is 12.9. The maximum absolute atomic E-state index is 12.9. The molecule has 0 fully saturated rings. The highest BCUT2D eigenvalue weighted by Gasteiger charge is 2.28. The van der Waals surface area contributed by atoms with Crippen molar-refractivity contribution in [3.8, 4) is 0 Å². The second kappa shape index (κ2) is 8.13. The number of aryl methyl sites for hydroxylation is 1. The number of carboxylic acid groups (broad SMARTS) is 1. The Morgan fingerprint density at radius 3 is 2.59 bits per heavy atom. The van der Waals surface area contributed by atoms with Crippen LogP contribution < -0.4 is 4.72 Å². The highest BCUT2D eigenvalue weighted by molar-refractivity contribution is 7.89. The third kappa shape index (κ3) is 4.28. The summed E-state index contributed by atoms with van der Waals surface area (Å²) in [6.07, 6.45) is 6.02. The van der Waals surface area contributed by atoms with Gasteiger partial charge in [0.05, 0.1) is 4.90 Å². The third-order valence-electron chi connectivity index (χ3n) is 5.86. The van der Waals surface area contributed by atoms with Gasteiger partial charge in [-0.2, -0.15) is 4.72 Å². The van der Waals surface area contributed by atoms with Gasteiger partial charge < -0.3 is 5.11 Å². The van der Waals surface area contributed by atoms with E-state index >= 15 is 0 Å². The molecule has 1 atom stereocenters. The van der Waals surface area contributed by atoms with Gasteiger partial charge in [0.25, 0.3) is 0 Å². The number of hydrogen-bond donors (Lipinski definition) is 2. The number of nitrogens with one attached hydrogen (secondary N) is 1. The SMILES string of the molecule is O=C(O)[C@@H](CCc1ccccc1)NS(=O)(=O)c1ccc2c(c1)CC1=C2CCCC1. The molecule has 0 radical (unpaired) electrons. The smallest absolute Gasteiger partial charge is 0.321 e. The molecule has 0 aromatic heterocycles. The van der Waals surface area contributed by atoms with E-state index in [9.17, 15) is 18.3 Å². The van der Waals surface area contributed by atoms with Gasteiger partial charge >= 0.3 is 5.97 Å². The van der Waals surface area contributed by atoms with Gasteiger partial charge in [-0.25, -0.2) is 8.42 Å². The minimum absolute atomic E-state index is 0.141. The van der Waals surface area contributed by atoms with E-state index in [4.69, 9.17) is 0 Å². The first-order valence-corrected chi connectivity index (χ1v) is 11.6. The van der Waals surface area contributed by atoms with Gasteiger partial charge in [0.1, 0.15) is 6.04 Å². The van der Waals surface area contributed by atoms with Gasteiger partial charge in [0, 0.05) is 0 Å². The highest BCUT2D eigenvalue weighted by Crippen LogP contribution is 2.42. The zero-order valence-corrected chi connectivity index (χ0v) is 17.0. The topological polar surface area (TPSA) is 83.5 Å². The summed E-state index contributed by atoms with van der Waals surface area (Å²) in [6.45, 7) is 0. The summed E-state index contributed by atoms with van der Waals surface area (Å²) < 4.78 is 28.2. The Balaban J connectivity index is 1.50. The lowest BCUT2D eigenvalue weighted by Crippen LogP contribution is -2.41. The zero-order chi connectivity index (χ0) is 20.4. The molecule has 6 heteroatoms. The number of rotatable bonds is 7. The lowest BCUT2D eigenvalue weighted by atomic mass is 9.92. The molecule has 2 aromatic rings. The van der Waals surface area contributed by atoms with E-state index in [2.05, 4.69) is 4.72 Å². The molecule has 0 aliphatic heterocycles. The first-order valence-electron chi connectivity index (χ1n) is 10.1. The minimum Gasteiger partial charge on any atom is -0.480 e. The number of allylic oxidation sites excluding steroid dienone is 2. The van der Waals surface area contributed by atoms with Gasteiger partial charge in [-0.3, -0.25) is 4.79 Å². The number of aliphatic carboxylic acids is 1. The fourth-order valence-corrected chi connectivity index (χ4v) is 5.61. The Labute approximate surface area is 171 Å². The molecule has 0 saturated heterocycles. The third-order valence-corrected chi connectivity index (χ3v) is 7.33. The van der Waals surface area contributed by atoms with Crippen molar-refractivity contribution in [2.24, 2.45) is 0 Å². The molecule has 5 nitrogen and oxygen atoms in total. The minimum atomic E-state index is -3.91. The lowest BCUT2D eigenvalue weighted by Gasteiger charge is -2.16. The predicted octanol–water partition coefficient (Wildman–Crippen LogP) is 3.93. The second-order valence-corrected chi connectivity index (χ2v) is 9.54. The first-order chi connectivity index (χ1) is 13.9. The van der Waals surface area contributed by atoms with Crippen molar-refractivity contribution < 1.29 is 18.3 Å². The second-order valence-electron chi connectivity index (χ2n) is 7.82. The van der Waals surface area contributed by atoms with Crippen molar-refractivity contribution in [1.82, 2.24) is 4.72 Å². The van der Waals surface area contributed by atoms with Crippen molar-refractivity contribution in [1.29, 1.82) is 0 Å². The number of carbonyl (C=O) groups is 1. The Hall–Kier alpha value is -2.44. The Kier molecular flexibility index (Phi) is 5.56. The molecule has 2 aromatic carbocycles. The van der Waals surface area contributed by atoms with Crippen molar-refractivity contribution in [2.75, 3.05) is 0 Å². The molecule has 0 spiro atoms. The van der Waals surface area contributed by atoms with Crippen molar-refractivity contribution in [2.45, 2.75) is 55.9 Å². The van der Waals surface area contributed by atoms with Crippen LogP contribution in [0.2, 0.25) is 0 Å². The maximum Gasteiger partial charge on any atom is 0.321 e. The normalized spacial score (nSPS) is 17.0. The number of sulfonamides is 1. The van der Waals surface area contributed by atoms with Gasteiger partial charge in [-0.15, -0.1) is 0 Å². The van der Waals surface area contributed by atoms with E-state index in [-0.39, 0.29) is 11.3 Å². The molecule has 0 unspecified atom stereocenters. The largest absolute Gasteiger partial charge is 0.480 e. The van der Waals surface area contributed by atoms with Gasteiger partial charge in [-0.05, 0) is 79.3 Å². The monoisotopic (exact) mass is 411 g/mol. The molecule has 0 heterocycles. The average Bonchev–Trinajstić information content (AvgIpc) is 3.09. The number of benzene rings is 2. The van der Waals surface area contributed by atoms with E-state index in [1.54, 1.807) is 12.1 Å². The van der Waals surface area contributed by atoms with E-state index in [1.807, 2.05) is 36.4 Å². The van der Waals surface area contributed by atoms with Crippen LogP contribution in [0.4, 0.5) is 0 Å². The van der Waals surface area contributed by atoms with Gasteiger partial charge in [-0.1, -0.05) is 42.0 Å². The summed E-state index contributed by atoms with van der Waals surface area (Å²) in [6, 6.07) is 13.5. The summed E-state index contributed by atoms with van der Waals surface area (Å²) in [4.78, 5) is 11.8. The van der Waals surface area contributed by atoms with Crippen LogP contribution in [0.25, 0.3) is 5.57 Å². The predicted molar refractivity (Wildman–Crippen MR) is 112 cm³/mol.